The normalized spacial score (nSPS) is 11.4. The van der Waals surface area contributed by atoms with E-state index in [4.69, 9.17) is 0 Å². The van der Waals surface area contributed by atoms with E-state index >= 15 is 0 Å². The summed E-state index contributed by atoms with van der Waals surface area (Å²) in [6, 6.07) is 25.2. The summed E-state index contributed by atoms with van der Waals surface area (Å²) < 4.78 is 0. The van der Waals surface area contributed by atoms with Crippen LogP contribution in [0.3, 0.4) is 0 Å². The minimum atomic E-state index is -0.318. The van der Waals surface area contributed by atoms with Gasteiger partial charge in [-0.15, -0.1) is 0 Å². The van der Waals surface area contributed by atoms with E-state index in [0.717, 1.165) is 27.9 Å². The molecule has 0 atom stereocenters. The molecular weight excluding hydrogens is 398 g/mol. The van der Waals surface area contributed by atoms with Crippen molar-refractivity contribution < 1.29 is 9.59 Å². The lowest BCUT2D eigenvalue weighted by Gasteiger charge is -2.08. The number of anilines is 1. The summed E-state index contributed by atoms with van der Waals surface area (Å²) in [6.45, 7) is 4.01. The second-order valence-corrected chi connectivity index (χ2v) is 7.49. The standard InChI is InChI=1S/C27H27N3O2/c1-20-13-15-24(19-21(20)2)28-26(31)17-18-27(32)30-29-25(23-11-7-4-8-12-23)16-14-22-9-5-3-6-10-22/h3-16,19H,17-18H2,1-2H3,(H,28,31)(H,30,32). The van der Waals surface area contributed by atoms with Crippen molar-refractivity contribution in [1.82, 2.24) is 5.43 Å². The number of benzene rings is 3. The van der Waals surface area contributed by atoms with Crippen LogP contribution in [-0.4, -0.2) is 17.5 Å². The second-order valence-electron chi connectivity index (χ2n) is 7.49. The van der Waals surface area contributed by atoms with E-state index in [1.165, 1.54) is 0 Å². The van der Waals surface area contributed by atoms with E-state index in [1.807, 2.05) is 105 Å². The first-order valence-corrected chi connectivity index (χ1v) is 10.5. The Kier molecular flexibility index (Phi) is 8.09. The highest BCUT2D eigenvalue weighted by Gasteiger charge is 2.08. The minimum absolute atomic E-state index is 0.0463. The van der Waals surface area contributed by atoms with Crippen LogP contribution >= 0.6 is 0 Å². The largest absolute Gasteiger partial charge is 0.326 e. The van der Waals surface area contributed by atoms with E-state index in [0.29, 0.717) is 5.71 Å². The molecule has 5 nitrogen and oxygen atoms in total. The molecule has 32 heavy (non-hydrogen) atoms. The van der Waals surface area contributed by atoms with Crippen LogP contribution in [0.4, 0.5) is 5.69 Å². The van der Waals surface area contributed by atoms with Crippen LogP contribution in [0.2, 0.25) is 0 Å². The average Bonchev–Trinajstić information content (AvgIpc) is 2.81. The summed E-state index contributed by atoms with van der Waals surface area (Å²) in [5, 5.41) is 7.12. The molecule has 0 radical (unpaired) electrons. The number of hydrogen-bond donors (Lipinski definition) is 2. The number of carbonyl (C=O) groups excluding carboxylic acids is 2. The van der Waals surface area contributed by atoms with Crippen LogP contribution in [0.1, 0.15) is 35.1 Å². The maximum Gasteiger partial charge on any atom is 0.240 e. The van der Waals surface area contributed by atoms with Gasteiger partial charge < -0.3 is 5.32 Å². The Hall–Kier alpha value is -3.99. The van der Waals surface area contributed by atoms with Gasteiger partial charge in [0.05, 0.1) is 5.71 Å². The third kappa shape index (κ3) is 7.06. The summed E-state index contributed by atoms with van der Waals surface area (Å²) in [4.78, 5) is 24.5. The SMILES string of the molecule is Cc1ccc(NC(=O)CCC(=O)NN=C(C=Cc2ccccc2)c2ccccc2)cc1C. The van der Waals surface area contributed by atoms with Gasteiger partial charge in [-0.1, -0.05) is 72.8 Å². The van der Waals surface area contributed by atoms with Gasteiger partial charge in [-0.05, 0) is 48.7 Å². The Morgan fingerprint density at radius 2 is 1.47 bits per heavy atom. The molecule has 0 aliphatic rings. The molecule has 2 N–H and O–H groups in total. The first-order chi connectivity index (χ1) is 15.5. The quantitative estimate of drug-likeness (QED) is 0.382. The molecule has 0 spiro atoms. The van der Waals surface area contributed by atoms with E-state index in [1.54, 1.807) is 0 Å². The fourth-order valence-electron chi connectivity index (χ4n) is 2.99. The number of hydrazone groups is 1. The van der Waals surface area contributed by atoms with Crippen LogP contribution in [0, 0.1) is 13.8 Å². The highest BCUT2D eigenvalue weighted by Crippen LogP contribution is 2.14. The van der Waals surface area contributed by atoms with Crippen LogP contribution < -0.4 is 10.7 Å². The predicted molar refractivity (Wildman–Crippen MR) is 130 cm³/mol. The highest BCUT2D eigenvalue weighted by molar-refractivity contribution is 6.11. The summed E-state index contributed by atoms with van der Waals surface area (Å²) in [5.41, 5.74) is 8.11. The van der Waals surface area contributed by atoms with Crippen LogP contribution in [0.15, 0.2) is 90.0 Å². The zero-order chi connectivity index (χ0) is 22.8. The van der Waals surface area contributed by atoms with Gasteiger partial charge in [0.2, 0.25) is 11.8 Å². The summed E-state index contributed by atoms with van der Waals surface area (Å²) in [5.74, 6) is -0.526. The number of aryl methyl sites for hydroxylation is 2. The van der Waals surface area contributed by atoms with E-state index in [-0.39, 0.29) is 24.7 Å². The van der Waals surface area contributed by atoms with Crippen molar-refractivity contribution in [3.63, 3.8) is 0 Å². The van der Waals surface area contributed by atoms with Gasteiger partial charge in [0, 0.05) is 24.1 Å². The number of amides is 2. The van der Waals surface area contributed by atoms with E-state index < -0.39 is 0 Å². The Labute approximate surface area is 188 Å². The fraction of sp³-hybridized carbons (Fsp3) is 0.148. The summed E-state index contributed by atoms with van der Waals surface area (Å²) >= 11 is 0. The Bertz CT molecular complexity index is 1120. The Balaban J connectivity index is 1.59. The lowest BCUT2D eigenvalue weighted by atomic mass is 10.1. The predicted octanol–water partition coefficient (Wildman–Crippen LogP) is 5.26. The molecule has 0 saturated carbocycles. The van der Waals surface area contributed by atoms with Gasteiger partial charge in [0.1, 0.15) is 0 Å². The van der Waals surface area contributed by atoms with Crippen molar-refractivity contribution in [3.8, 4) is 0 Å². The van der Waals surface area contributed by atoms with Crippen molar-refractivity contribution in [2.45, 2.75) is 26.7 Å². The maximum atomic E-state index is 12.3. The molecule has 0 aliphatic heterocycles. The zero-order valence-electron chi connectivity index (χ0n) is 18.3. The Morgan fingerprint density at radius 3 is 2.16 bits per heavy atom. The summed E-state index contributed by atoms with van der Waals surface area (Å²) in [7, 11) is 0. The third-order valence-corrected chi connectivity index (χ3v) is 4.97. The van der Waals surface area contributed by atoms with Crippen molar-refractivity contribution in [2.24, 2.45) is 5.10 Å². The topological polar surface area (TPSA) is 70.6 Å². The van der Waals surface area contributed by atoms with Crippen molar-refractivity contribution in [2.75, 3.05) is 5.32 Å². The van der Waals surface area contributed by atoms with Gasteiger partial charge in [-0.3, -0.25) is 9.59 Å². The number of nitrogens with zero attached hydrogens (tertiary/aromatic N) is 1. The molecule has 2 amide bonds. The number of hydrogen-bond acceptors (Lipinski definition) is 3. The number of allylic oxidation sites excluding steroid dienone is 1. The van der Waals surface area contributed by atoms with Gasteiger partial charge in [-0.25, -0.2) is 5.43 Å². The van der Waals surface area contributed by atoms with Gasteiger partial charge in [-0.2, -0.15) is 5.10 Å². The smallest absolute Gasteiger partial charge is 0.240 e. The lowest BCUT2D eigenvalue weighted by Crippen LogP contribution is -2.22. The molecular formula is C27H27N3O2. The van der Waals surface area contributed by atoms with E-state index in [2.05, 4.69) is 15.8 Å². The van der Waals surface area contributed by atoms with E-state index in [9.17, 15) is 9.59 Å². The first-order valence-electron chi connectivity index (χ1n) is 10.5. The van der Waals surface area contributed by atoms with Gasteiger partial charge >= 0.3 is 0 Å². The molecule has 162 valence electrons. The fourth-order valence-corrected chi connectivity index (χ4v) is 2.99. The molecule has 3 aromatic carbocycles. The Morgan fingerprint density at radius 1 is 0.812 bits per heavy atom. The van der Waals surface area contributed by atoms with Crippen LogP contribution in [-0.2, 0) is 9.59 Å². The molecule has 0 heterocycles. The summed E-state index contributed by atoms with van der Waals surface area (Å²) in [6.07, 6.45) is 3.92. The third-order valence-electron chi connectivity index (χ3n) is 4.97. The molecule has 3 rings (SSSR count). The first kappa shape index (κ1) is 22.7. The van der Waals surface area contributed by atoms with Crippen LogP contribution in [0.25, 0.3) is 6.08 Å². The van der Waals surface area contributed by atoms with Gasteiger partial charge in [0.25, 0.3) is 0 Å². The molecule has 0 unspecified atom stereocenters. The van der Waals surface area contributed by atoms with Crippen LogP contribution in [0.5, 0.6) is 0 Å². The van der Waals surface area contributed by atoms with Gasteiger partial charge in [0.15, 0.2) is 0 Å². The second kappa shape index (κ2) is 11.4. The minimum Gasteiger partial charge on any atom is -0.326 e. The molecule has 0 aliphatic carbocycles. The van der Waals surface area contributed by atoms with Crippen molar-refractivity contribution in [1.29, 1.82) is 0 Å². The molecule has 0 aromatic heterocycles. The average molecular weight is 426 g/mol. The molecule has 0 fully saturated rings. The molecule has 0 bridgehead atoms. The number of carbonyl (C=O) groups is 2. The van der Waals surface area contributed by atoms with Crippen molar-refractivity contribution in [3.05, 3.63) is 107 Å². The molecule has 5 heteroatoms. The highest BCUT2D eigenvalue weighted by atomic mass is 16.2. The molecule has 3 aromatic rings. The van der Waals surface area contributed by atoms with Crippen molar-refractivity contribution >= 4 is 29.3 Å². The molecule has 0 saturated heterocycles. The maximum absolute atomic E-state index is 12.3. The zero-order valence-corrected chi connectivity index (χ0v) is 18.3. The monoisotopic (exact) mass is 425 g/mol. The number of rotatable bonds is 8. The lowest BCUT2D eigenvalue weighted by molar-refractivity contribution is -0.124. The number of nitrogens with one attached hydrogen (secondary N) is 2.